The normalized spacial score (nSPS) is 21.7. The minimum absolute atomic E-state index is 0.575. The second-order valence-corrected chi connectivity index (χ2v) is 6.13. The second-order valence-electron chi connectivity index (χ2n) is 5.07. The highest BCUT2D eigenvalue weighted by atomic mass is 32.2. The van der Waals surface area contributed by atoms with E-state index >= 15 is 0 Å². The van der Waals surface area contributed by atoms with E-state index in [1.54, 1.807) is 11.8 Å². The lowest BCUT2D eigenvalue weighted by atomic mass is 10.2. The van der Waals surface area contributed by atoms with E-state index in [1.807, 2.05) is 4.68 Å². The van der Waals surface area contributed by atoms with Gasteiger partial charge in [-0.15, -0.1) is 5.10 Å². The van der Waals surface area contributed by atoms with Crippen LogP contribution in [-0.2, 0) is 0 Å². The van der Waals surface area contributed by atoms with Gasteiger partial charge >= 0.3 is 0 Å². The van der Waals surface area contributed by atoms with Crippen molar-refractivity contribution in [1.82, 2.24) is 25.5 Å². The van der Waals surface area contributed by atoms with Crippen LogP contribution in [0.5, 0.6) is 0 Å². The molecule has 5 nitrogen and oxygen atoms in total. The predicted octanol–water partition coefficient (Wildman–Crippen LogP) is 1.49. The maximum Gasteiger partial charge on any atom is 0.209 e. The van der Waals surface area contributed by atoms with Crippen molar-refractivity contribution in [2.24, 2.45) is 5.92 Å². The lowest BCUT2D eigenvalue weighted by Crippen LogP contribution is -2.29. The average molecular weight is 253 g/mol. The molecule has 1 atom stereocenters. The first-order chi connectivity index (χ1) is 8.34. The Hall–Kier alpha value is -0.620. The smallest absolute Gasteiger partial charge is 0.209 e. The number of hydrogen-bond donors (Lipinski definition) is 1. The highest BCUT2D eigenvalue weighted by molar-refractivity contribution is 7.99. The third-order valence-electron chi connectivity index (χ3n) is 3.48. The molecule has 2 fully saturated rings. The van der Waals surface area contributed by atoms with Crippen molar-refractivity contribution in [3.05, 3.63) is 0 Å². The summed E-state index contributed by atoms with van der Waals surface area (Å²) in [6.07, 6.45) is 5.27. The molecule has 17 heavy (non-hydrogen) atoms. The molecule has 3 rings (SSSR count). The summed E-state index contributed by atoms with van der Waals surface area (Å²) in [5.74, 6) is 1.97. The Bertz CT molecular complexity index is 372. The van der Waals surface area contributed by atoms with Crippen molar-refractivity contribution in [3.63, 3.8) is 0 Å². The zero-order valence-corrected chi connectivity index (χ0v) is 11.0. The van der Waals surface area contributed by atoms with Crippen molar-refractivity contribution in [1.29, 1.82) is 0 Å². The molecular formula is C11H19N5S. The number of thioether (sulfide) groups is 1. The Kier molecular flexibility index (Phi) is 3.33. The quantitative estimate of drug-likeness (QED) is 0.589. The zero-order chi connectivity index (χ0) is 11.7. The third-order valence-corrected chi connectivity index (χ3v) is 4.42. The summed E-state index contributed by atoms with van der Waals surface area (Å²) in [5.41, 5.74) is 0. The van der Waals surface area contributed by atoms with Crippen LogP contribution in [0, 0.1) is 5.92 Å². The van der Waals surface area contributed by atoms with E-state index in [0.717, 1.165) is 23.4 Å². The van der Waals surface area contributed by atoms with Gasteiger partial charge in [-0.25, -0.2) is 4.68 Å². The first-order valence-corrected chi connectivity index (χ1v) is 7.47. The van der Waals surface area contributed by atoms with Crippen LogP contribution in [0.1, 0.15) is 38.6 Å². The molecule has 0 aliphatic heterocycles. The molecule has 1 N–H and O–H groups in total. The van der Waals surface area contributed by atoms with Gasteiger partial charge in [0.15, 0.2) is 0 Å². The van der Waals surface area contributed by atoms with Crippen molar-refractivity contribution in [3.8, 4) is 0 Å². The molecular weight excluding hydrogens is 234 g/mol. The molecule has 0 bridgehead atoms. The fraction of sp³-hybridized carbons (Fsp3) is 0.909. The van der Waals surface area contributed by atoms with Crippen LogP contribution >= 0.6 is 11.8 Å². The molecule has 6 heteroatoms. The topological polar surface area (TPSA) is 55.6 Å². The molecule has 2 saturated carbocycles. The molecule has 2 aliphatic carbocycles. The van der Waals surface area contributed by atoms with Gasteiger partial charge in [-0.1, -0.05) is 11.8 Å². The van der Waals surface area contributed by atoms with Crippen molar-refractivity contribution >= 4 is 11.8 Å². The highest BCUT2D eigenvalue weighted by Gasteiger charge is 2.28. The van der Waals surface area contributed by atoms with Gasteiger partial charge in [0.1, 0.15) is 0 Å². The van der Waals surface area contributed by atoms with Gasteiger partial charge in [-0.3, -0.25) is 0 Å². The minimum atomic E-state index is 0.575. The number of hydrogen-bond acceptors (Lipinski definition) is 5. The molecule has 0 aromatic carbocycles. The number of aromatic nitrogens is 4. The molecule has 0 spiro atoms. The zero-order valence-electron chi connectivity index (χ0n) is 10.2. The summed E-state index contributed by atoms with van der Waals surface area (Å²) in [4.78, 5) is 0. The van der Waals surface area contributed by atoms with Gasteiger partial charge in [0.05, 0.1) is 6.04 Å². The van der Waals surface area contributed by atoms with Gasteiger partial charge in [0, 0.05) is 18.3 Å². The number of nitrogens with zero attached hydrogens (tertiary/aromatic N) is 4. The van der Waals surface area contributed by atoms with Crippen LogP contribution in [0.25, 0.3) is 0 Å². The third kappa shape index (κ3) is 2.98. The van der Waals surface area contributed by atoms with E-state index in [9.17, 15) is 0 Å². The van der Waals surface area contributed by atoms with Crippen LogP contribution in [0.15, 0.2) is 5.16 Å². The van der Waals surface area contributed by atoms with E-state index in [0.29, 0.717) is 12.1 Å². The molecule has 0 radical (unpaired) electrons. The van der Waals surface area contributed by atoms with Crippen LogP contribution in [0.3, 0.4) is 0 Å². The Balaban J connectivity index is 1.39. The summed E-state index contributed by atoms with van der Waals surface area (Å²) < 4.78 is 1.98. The van der Waals surface area contributed by atoms with Crippen LogP contribution in [-0.4, -0.2) is 38.5 Å². The maximum absolute atomic E-state index is 4.08. The van der Waals surface area contributed by atoms with Gasteiger partial charge in [0.2, 0.25) is 5.16 Å². The fourth-order valence-electron chi connectivity index (χ4n) is 2.02. The van der Waals surface area contributed by atoms with Crippen LogP contribution < -0.4 is 5.32 Å². The molecule has 1 aromatic heterocycles. The van der Waals surface area contributed by atoms with E-state index in [-0.39, 0.29) is 0 Å². The van der Waals surface area contributed by atoms with E-state index in [1.165, 1.54) is 25.7 Å². The molecule has 94 valence electrons. The average Bonchev–Trinajstić information content (AvgIpc) is 3.22. The summed E-state index contributed by atoms with van der Waals surface area (Å²) in [5, 5.41) is 16.4. The Morgan fingerprint density at radius 1 is 1.41 bits per heavy atom. The first kappa shape index (κ1) is 11.5. The molecule has 1 heterocycles. The van der Waals surface area contributed by atoms with E-state index in [2.05, 4.69) is 27.8 Å². The summed E-state index contributed by atoms with van der Waals surface area (Å²) in [7, 11) is 0. The van der Waals surface area contributed by atoms with Crippen molar-refractivity contribution in [2.45, 2.75) is 49.8 Å². The summed E-state index contributed by atoms with van der Waals surface area (Å²) in [6.45, 7) is 3.33. The fourth-order valence-corrected chi connectivity index (χ4v) is 2.84. The van der Waals surface area contributed by atoms with Gasteiger partial charge < -0.3 is 5.32 Å². The number of tetrazole rings is 1. The Morgan fingerprint density at radius 3 is 2.94 bits per heavy atom. The van der Waals surface area contributed by atoms with Gasteiger partial charge in [-0.2, -0.15) is 0 Å². The maximum atomic E-state index is 4.08. The molecule has 0 saturated heterocycles. The molecule has 1 unspecified atom stereocenters. The highest BCUT2D eigenvalue weighted by Crippen LogP contribution is 2.36. The monoisotopic (exact) mass is 253 g/mol. The van der Waals surface area contributed by atoms with E-state index < -0.39 is 0 Å². The minimum Gasteiger partial charge on any atom is -0.313 e. The Labute approximate surface area is 106 Å². The number of rotatable bonds is 7. The SMILES string of the molecule is CC(NCCSc1nnnn1C1CC1)C1CC1. The largest absolute Gasteiger partial charge is 0.313 e. The van der Waals surface area contributed by atoms with E-state index in [4.69, 9.17) is 0 Å². The second kappa shape index (κ2) is 4.94. The lowest BCUT2D eigenvalue weighted by molar-refractivity contribution is 0.514. The lowest BCUT2D eigenvalue weighted by Gasteiger charge is -2.11. The first-order valence-electron chi connectivity index (χ1n) is 6.48. The van der Waals surface area contributed by atoms with Crippen LogP contribution in [0.4, 0.5) is 0 Å². The summed E-state index contributed by atoms with van der Waals surface area (Å²) in [6, 6.07) is 1.25. The van der Waals surface area contributed by atoms with Crippen molar-refractivity contribution < 1.29 is 0 Å². The molecule has 1 aromatic rings. The Morgan fingerprint density at radius 2 is 2.24 bits per heavy atom. The van der Waals surface area contributed by atoms with Crippen LogP contribution in [0.2, 0.25) is 0 Å². The molecule has 2 aliphatic rings. The molecule has 0 amide bonds. The van der Waals surface area contributed by atoms with Crippen molar-refractivity contribution in [2.75, 3.05) is 12.3 Å². The number of nitrogens with one attached hydrogen (secondary N) is 1. The summed E-state index contributed by atoms with van der Waals surface area (Å²) >= 11 is 1.76. The van der Waals surface area contributed by atoms with Gasteiger partial charge in [0.25, 0.3) is 0 Å². The predicted molar refractivity (Wildman–Crippen MR) is 67.0 cm³/mol. The van der Waals surface area contributed by atoms with Gasteiger partial charge in [-0.05, 0) is 49.0 Å². The standard InChI is InChI=1S/C11H19N5S/c1-8(9-2-3-9)12-6-7-17-11-13-14-15-16(11)10-4-5-10/h8-10,12H,2-7H2,1H3.